The van der Waals surface area contributed by atoms with Gasteiger partial charge < -0.3 is 14.9 Å². The van der Waals surface area contributed by atoms with Crippen LogP contribution in [0.1, 0.15) is 50.5 Å². The van der Waals surface area contributed by atoms with Crippen LogP contribution in [0.4, 0.5) is 9.18 Å². The van der Waals surface area contributed by atoms with Crippen molar-refractivity contribution in [1.29, 1.82) is 0 Å². The number of hydrogen-bond donors (Lipinski definition) is 1. The van der Waals surface area contributed by atoms with Crippen LogP contribution in [0.5, 0.6) is 0 Å². The van der Waals surface area contributed by atoms with E-state index in [2.05, 4.69) is 0 Å². The molecule has 1 saturated carbocycles. The minimum atomic E-state index is -1.07. The zero-order valence-electron chi connectivity index (χ0n) is 17.7. The quantitative estimate of drug-likeness (QED) is 0.777. The van der Waals surface area contributed by atoms with Gasteiger partial charge in [0.1, 0.15) is 18.0 Å². The highest BCUT2D eigenvalue weighted by Gasteiger charge is 2.49. The fourth-order valence-electron chi connectivity index (χ4n) is 5.33. The minimum absolute atomic E-state index is 0.112. The van der Waals surface area contributed by atoms with E-state index in [4.69, 9.17) is 0 Å². The molecule has 0 unspecified atom stereocenters. The molecule has 1 N–H and O–H groups in total. The number of carbonyl (C=O) groups excluding carboxylic acids is 2. The van der Waals surface area contributed by atoms with E-state index in [1.165, 1.54) is 23.5 Å². The first-order valence-corrected chi connectivity index (χ1v) is 11.3. The van der Waals surface area contributed by atoms with Gasteiger partial charge in [0.25, 0.3) is 0 Å². The van der Waals surface area contributed by atoms with Gasteiger partial charge in [-0.2, -0.15) is 0 Å². The smallest absolute Gasteiger partial charge is 0.409 e. The lowest BCUT2D eigenvalue weighted by molar-refractivity contribution is -0.168. The number of amides is 3. The number of hydrogen-bond acceptors (Lipinski definition) is 3. The average Bonchev–Trinajstić information content (AvgIpc) is 2.75. The van der Waals surface area contributed by atoms with Crippen molar-refractivity contribution < 1.29 is 23.9 Å². The Morgan fingerprint density at radius 3 is 2.65 bits per heavy atom. The Balaban J connectivity index is 1.56. The van der Waals surface area contributed by atoms with E-state index < -0.39 is 18.3 Å². The maximum absolute atomic E-state index is 13.5. The summed E-state index contributed by atoms with van der Waals surface area (Å²) >= 11 is 0. The number of carboxylic acid groups (broad SMARTS) is 1. The summed E-state index contributed by atoms with van der Waals surface area (Å²) in [6.45, 7) is 0.681. The summed E-state index contributed by atoms with van der Waals surface area (Å²) in [7, 11) is 0. The fraction of sp³-hybridized carbons (Fsp3) is 0.609. The molecular weight excluding hydrogens is 401 g/mol. The summed E-state index contributed by atoms with van der Waals surface area (Å²) in [5.74, 6) is -0.196. The molecule has 2 atom stereocenters. The summed E-state index contributed by atoms with van der Waals surface area (Å²) in [5.41, 5.74) is 0.786. The highest BCUT2D eigenvalue weighted by Crippen LogP contribution is 2.33. The summed E-state index contributed by atoms with van der Waals surface area (Å²) in [6.07, 6.45) is 5.01. The van der Waals surface area contributed by atoms with E-state index in [1.54, 1.807) is 15.9 Å². The number of halogens is 1. The van der Waals surface area contributed by atoms with Gasteiger partial charge in [0.15, 0.2) is 0 Å². The molecule has 4 rings (SSSR count). The van der Waals surface area contributed by atoms with Crippen LogP contribution in [0.15, 0.2) is 24.3 Å². The van der Waals surface area contributed by atoms with Gasteiger partial charge in [0.05, 0.1) is 6.54 Å². The van der Waals surface area contributed by atoms with Crippen molar-refractivity contribution in [3.63, 3.8) is 0 Å². The molecule has 3 amide bonds. The number of rotatable bonds is 5. The zero-order valence-corrected chi connectivity index (χ0v) is 17.7. The Labute approximate surface area is 181 Å². The molecule has 3 fully saturated rings. The summed E-state index contributed by atoms with van der Waals surface area (Å²) in [5, 5.41) is 9.70. The van der Waals surface area contributed by atoms with Crippen LogP contribution in [-0.4, -0.2) is 69.6 Å². The maximum atomic E-state index is 13.5. The van der Waals surface area contributed by atoms with Crippen LogP contribution < -0.4 is 0 Å². The fourth-order valence-corrected chi connectivity index (χ4v) is 5.33. The summed E-state index contributed by atoms with van der Waals surface area (Å²) < 4.78 is 13.5. The summed E-state index contributed by atoms with van der Waals surface area (Å²) in [6, 6.07) is 5.67. The zero-order chi connectivity index (χ0) is 22.0. The van der Waals surface area contributed by atoms with Gasteiger partial charge in [-0.3, -0.25) is 14.5 Å². The molecule has 0 bridgehead atoms. The van der Waals surface area contributed by atoms with Crippen LogP contribution in [-0.2, 0) is 16.0 Å². The second-order valence-electron chi connectivity index (χ2n) is 8.93. The van der Waals surface area contributed by atoms with Gasteiger partial charge in [-0.05, 0) is 36.5 Å². The molecule has 2 saturated heterocycles. The van der Waals surface area contributed by atoms with Crippen molar-refractivity contribution in [2.75, 3.05) is 19.6 Å². The molecule has 0 spiro atoms. The second kappa shape index (κ2) is 9.24. The van der Waals surface area contributed by atoms with Crippen LogP contribution in [0.3, 0.4) is 0 Å². The lowest BCUT2D eigenvalue weighted by Gasteiger charge is -2.52. The number of fused-ring (bicyclic) bond motifs is 1. The van der Waals surface area contributed by atoms with Gasteiger partial charge in [0.2, 0.25) is 11.8 Å². The topological polar surface area (TPSA) is 81.2 Å². The maximum Gasteiger partial charge on any atom is 0.409 e. The van der Waals surface area contributed by atoms with Crippen molar-refractivity contribution in [3.8, 4) is 0 Å². The van der Waals surface area contributed by atoms with Crippen LogP contribution in [0.2, 0.25) is 0 Å². The SMILES string of the molecule is O=C1[C@H](CC2CCCCC2)N2C(=O)CCN(C(=O)O)[C@H]2CN1CCc1cccc(F)c1. The van der Waals surface area contributed by atoms with Crippen molar-refractivity contribution >= 4 is 17.9 Å². The largest absolute Gasteiger partial charge is 0.465 e. The third-order valence-electron chi connectivity index (χ3n) is 6.94. The van der Waals surface area contributed by atoms with E-state index in [9.17, 15) is 23.9 Å². The molecule has 1 aromatic carbocycles. The van der Waals surface area contributed by atoms with Crippen molar-refractivity contribution in [2.45, 2.75) is 63.6 Å². The van der Waals surface area contributed by atoms with Gasteiger partial charge >= 0.3 is 6.09 Å². The predicted octanol–water partition coefficient (Wildman–Crippen LogP) is 3.09. The Morgan fingerprint density at radius 1 is 1.16 bits per heavy atom. The molecule has 168 valence electrons. The average molecular weight is 432 g/mol. The molecule has 0 aromatic heterocycles. The van der Waals surface area contributed by atoms with Crippen molar-refractivity contribution in [2.24, 2.45) is 5.92 Å². The Morgan fingerprint density at radius 2 is 1.94 bits per heavy atom. The van der Waals surface area contributed by atoms with E-state index in [0.717, 1.165) is 31.2 Å². The molecule has 1 aliphatic carbocycles. The van der Waals surface area contributed by atoms with Crippen molar-refractivity contribution in [1.82, 2.24) is 14.7 Å². The minimum Gasteiger partial charge on any atom is -0.465 e. The molecule has 2 heterocycles. The number of nitrogens with zero attached hydrogens (tertiary/aromatic N) is 3. The van der Waals surface area contributed by atoms with E-state index in [0.29, 0.717) is 25.3 Å². The van der Waals surface area contributed by atoms with E-state index in [1.807, 2.05) is 6.07 Å². The molecule has 31 heavy (non-hydrogen) atoms. The normalized spacial score (nSPS) is 25.0. The second-order valence-corrected chi connectivity index (χ2v) is 8.93. The summed E-state index contributed by atoms with van der Waals surface area (Å²) in [4.78, 5) is 42.6. The third kappa shape index (κ3) is 4.67. The Kier molecular flexibility index (Phi) is 6.43. The molecule has 7 nitrogen and oxygen atoms in total. The number of piperazine rings is 1. The van der Waals surface area contributed by atoms with Gasteiger partial charge in [-0.25, -0.2) is 9.18 Å². The highest BCUT2D eigenvalue weighted by atomic mass is 19.1. The van der Waals surface area contributed by atoms with Crippen molar-refractivity contribution in [3.05, 3.63) is 35.6 Å². The number of benzene rings is 1. The lowest BCUT2D eigenvalue weighted by atomic mass is 9.83. The molecule has 8 heteroatoms. The third-order valence-corrected chi connectivity index (χ3v) is 6.94. The molecule has 1 aromatic rings. The Hall–Kier alpha value is -2.64. The monoisotopic (exact) mass is 431 g/mol. The predicted molar refractivity (Wildman–Crippen MR) is 112 cm³/mol. The van der Waals surface area contributed by atoms with E-state index in [-0.39, 0.29) is 37.1 Å². The first-order chi connectivity index (χ1) is 14.9. The van der Waals surface area contributed by atoms with Crippen LogP contribution in [0, 0.1) is 11.7 Å². The van der Waals surface area contributed by atoms with Crippen LogP contribution >= 0.6 is 0 Å². The lowest BCUT2D eigenvalue weighted by Crippen LogP contribution is -2.71. The number of carbonyl (C=O) groups is 3. The van der Waals surface area contributed by atoms with E-state index >= 15 is 0 Å². The molecule has 0 radical (unpaired) electrons. The standard InChI is InChI=1S/C23H30FN3O4/c24-18-8-4-7-17(13-18)9-11-25-15-20-26(23(30)31)12-10-21(28)27(20)19(22(25)29)14-16-5-2-1-3-6-16/h4,7-8,13,16,19-20H,1-3,5-6,9-12,14-15H2,(H,30,31)/t19-,20+/m0/s1. The van der Waals surface area contributed by atoms with Gasteiger partial charge in [-0.1, -0.05) is 44.2 Å². The first-order valence-electron chi connectivity index (χ1n) is 11.3. The van der Waals surface area contributed by atoms with Crippen LogP contribution in [0.25, 0.3) is 0 Å². The van der Waals surface area contributed by atoms with Gasteiger partial charge in [0, 0.05) is 19.5 Å². The first kappa shape index (κ1) is 21.6. The molecule has 3 aliphatic rings. The molecular formula is C23H30FN3O4. The van der Waals surface area contributed by atoms with Gasteiger partial charge in [-0.15, -0.1) is 0 Å². The molecule has 2 aliphatic heterocycles. The Bertz CT molecular complexity index is 842. The highest BCUT2D eigenvalue weighted by molar-refractivity contribution is 5.90.